The molecule has 1 aliphatic rings. The lowest BCUT2D eigenvalue weighted by Crippen LogP contribution is -2.34. The van der Waals surface area contributed by atoms with Crippen molar-refractivity contribution in [3.05, 3.63) is 70.3 Å². The molecule has 0 bridgehead atoms. The molecule has 0 aliphatic carbocycles. The molecule has 27 heavy (non-hydrogen) atoms. The Labute approximate surface area is 152 Å². The molecule has 2 amide bonds. The Bertz CT molecular complexity index is 992. The fourth-order valence-corrected chi connectivity index (χ4v) is 2.76. The molecule has 0 saturated heterocycles. The number of aromatic carboxylic acids is 1. The monoisotopic (exact) mass is 365 g/mol. The highest BCUT2D eigenvalue weighted by molar-refractivity contribution is 6.22. The number of hydrogen-bond donors (Lipinski definition) is 0. The number of amides is 2. The summed E-state index contributed by atoms with van der Waals surface area (Å²) in [5.74, 6) is -4.53. The average molecular weight is 365 g/mol. The van der Waals surface area contributed by atoms with Crippen molar-refractivity contribution >= 4 is 29.5 Å². The van der Waals surface area contributed by atoms with Crippen molar-refractivity contribution in [3.8, 4) is 0 Å². The van der Waals surface area contributed by atoms with Crippen LogP contribution in [0.5, 0.6) is 0 Å². The normalized spacial score (nSPS) is 12.8. The van der Waals surface area contributed by atoms with Crippen molar-refractivity contribution in [1.82, 2.24) is 4.90 Å². The Kier molecular flexibility index (Phi) is 4.55. The number of carboxylic acid groups (broad SMARTS) is 2. The highest BCUT2D eigenvalue weighted by atomic mass is 16.4. The van der Waals surface area contributed by atoms with Crippen LogP contribution in [0.4, 0.5) is 0 Å². The third-order valence-corrected chi connectivity index (χ3v) is 4.16. The topological polar surface area (TPSA) is 135 Å². The second kappa shape index (κ2) is 6.83. The summed E-state index contributed by atoms with van der Waals surface area (Å²) in [4.78, 5) is 59.2. The molecule has 0 N–H and O–H groups in total. The van der Waals surface area contributed by atoms with Crippen LogP contribution in [0.2, 0.25) is 0 Å². The van der Waals surface area contributed by atoms with Gasteiger partial charge in [0.05, 0.1) is 17.1 Å². The van der Waals surface area contributed by atoms with Crippen LogP contribution in [0.1, 0.15) is 53.4 Å². The van der Waals surface area contributed by atoms with Crippen LogP contribution >= 0.6 is 0 Å². The number of carboxylic acids is 2. The summed E-state index contributed by atoms with van der Waals surface area (Å²) >= 11 is 0. The summed E-state index contributed by atoms with van der Waals surface area (Å²) in [7, 11) is 0. The van der Waals surface area contributed by atoms with E-state index in [0.717, 1.165) is 4.90 Å². The van der Waals surface area contributed by atoms with Gasteiger partial charge in [-0.25, -0.2) is 0 Å². The molecule has 3 rings (SSSR count). The van der Waals surface area contributed by atoms with Gasteiger partial charge in [-0.15, -0.1) is 0 Å². The zero-order valence-electron chi connectivity index (χ0n) is 13.8. The SMILES string of the molecule is O=C([O-])CCN1C(=O)c2ccc(C(=O)c3ccc(C(=O)[O-])cc3)cc2C1=O. The van der Waals surface area contributed by atoms with E-state index in [0.29, 0.717) is 0 Å². The van der Waals surface area contributed by atoms with Gasteiger partial charge < -0.3 is 19.8 Å². The molecule has 0 spiro atoms. The highest BCUT2D eigenvalue weighted by Gasteiger charge is 2.35. The second-order valence-corrected chi connectivity index (χ2v) is 5.84. The summed E-state index contributed by atoms with van der Waals surface area (Å²) in [6, 6.07) is 9.07. The maximum Gasteiger partial charge on any atom is 0.261 e. The highest BCUT2D eigenvalue weighted by Crippen LogP contribution is 2.25. The molecule has 0 unspecified atom stereocenters. The fraction of sp³-hybridized carbons (Fsp3) is 0.105. The van der Waals surface area contributed by atoms with Gasteiger partial charge in [-0.2, -0.15) is 0 Å². The predicted molar refractivity (Wildman–Crippen MR) is 85.6 cm³/mol. The van der Waals surface area contributed by atoms with Crippen molar-refractivity contribution < 1.29 is 34.2 Å². The van der Waals surface area contributed by atoms with Crippen LogP contribution in [0.3, 0.4) is 0 Å². The van der Waals surface area contributed by atoms with Crippen LogP contribution in [0, 0.1) is 0 Å². The zero-order valence-corrected chi connectivity index (χ0v) is 13.8. The number of hydrogen-bond acceptors (Lipinski definition) is 7. The number of imide groups is 1. The summed E-state index contributed by atoms with van der Waals surface area (Å²) in [5.41, 5.74) is 0.353. The van der Waals surface area contributed by atoms with Gasteiger partial charge in [-0.05, 0) is 17.7 Å². The standard InChI is InChI=1S/C19H13NO7/c21-15(22)7-8-20-17(24)13-6-5-12(9-14(13)18(20)25)16(23)10-1-3-11(4-2-10)19(26)27/h1-6,9H,7-8H2,(H,21,22)(H,26,27)/p-2. The van der Waals surface area contributed by atoms with Crippen LogP contribution in [0.15, 0.2) is 42.5 Å². The smallest absolute Gasteiger partial charge is 0.261 e. The number of benzene rings is 2. The largest absolute Gasteiger partial charge is 0.550 e. The maximum atomic E-state index is 12.6. The third kappa shape index (κ3) is 3.32. The number of rotatable bonds is 6. The number of nitrogens with zero attached hydrogens (tertiary/aromatic N) is 1. The molecule has 1 heterocycles. The van der Waals surface area contributed by atoms with Crippen LogP contribution in [0.25, 0.3) is 0 Å². The molecule has 0 aromatic heterocycles. The molecule has 0 atom stereocenters. The lowest BCUT2D eigenvalue weighted by Gasteiger charge is -2.13. The third-order valence-electron chi connectivity index (χ3n) is 4.16. The van der Waals surface area contributed by atoms with Crippen molar-refractivity contribution in [1.29, 1.82) is 0 Å². The van der Waals surface area contributed by atoms with Crippen molar-refractivity contribution in [2.24, 2.45) is 0 Å². The van der Waals surface area contributed by atoms with Gasteiger partial charge in [0.25, 0.3) is 11.8 Å². The molecule has 1 aliphatic heterocycles. The fourth-order valence-electron chi connectivity index (χ4n) is 2.76. The Hall–Kier alpha value is -3.81. The summed E-state index contributed by atoms with van der Waals surface area (Å²) in [6.45, 7) is -0.317. The molecule has 2 aromatic rings. The summed E-state index contributed by atoms with van der Waals surface area (Å²) in [6.07, 6.45) is -0.484. The lowest BCUT2D eigenvalue weighted by molar-refractivity contribution is -0.305. The van der Waals surface area contributed by atoms with Crippen molar-refractivity contribution in [2.75, 3.05) is 6.54 Å². The Morgan fingerprint density at radius 3 is 1.93 bits per heavy atom. The van der Waals surface area contributed by atoms with Crippen LogP contribution in [-0.4, -0.2) is 41.0 Å². The first-order chi connectivity index (χ1) is 12.8. The molecule has 0 radical (unpaired) electrons. The Morgan fingerprint density at radius 1 is 0.778 bits per heavy atom. The summed E-state index contributed by atoms with van der Waals surface area (Å²) < 4.78 is 0. The number of ketones is 1. The van der Waals surface area contributed by atoms with E-state index in [1.807, 2.05) is 0 Å². The van der Waals surface area contributed by atoms with Crippen molar-refractivity contribution in [2.45, 2.75) is 6.42 Å². The molecular weight excluding hydrogens is 354 g/mol. The van der Waals surface area contributed by atoms with E-state index < -0.39 is 36.0 Å². The van der Waals surface area contributed by atoms with Gasteiger partial charge in [-0.3, -0.25) is 19.3 Å². The van der Waals surface area contributed by atoms with Gasteiger partial charge in [0, 0.05) is 30.1 Å². The Morgan fingerprint density at radius 2 is 1.33 bits per heavy atom. The minimum absolute atomic E-state index is 0.00977. The molecular formula is C19H11NO7-2. The van der Waals surface area contributed by atoms with E-state index in [9.17, 15) is 34.2 Å². The van der Waals surface area contributed by atoms with Gasteiger partial charge >= 0.3 is 0 Å². The van der Waals surface area contributed by atoms with Crippen molar-refractivity contribution in [3.63, 3.8) is 0 Å². The average Bonchev–Trinajstić information content (AvgIpc) is 2.89. The number of carbonyl (C=O) groups excluding carboxylic acids is 5. The minimum atomic E-state index is -1.39. The number of carbonyl (C=O) groups is 5. The van der Waals surface area contributed by atoms with E-state index in [-0.39, 0.29) is 34.4 Å². The van der Waals surface area contributed by atoms with E-state index in [1.165, 1.54) is 42.5 Å². The van der Waals surface area contributed by atoms with E-state index in [4.69, 9.17) is 0 Å². The molecule has 8 heteroatoms. The Balaban J connectivity index is 1.88. The molecule has 0 fully saturated rings. The first kappa shape index (κ1) is 18.0. The molecule has 2 aromatic carbocycles. The van der Waals surface area contributed by atoms with E-state index >= 15 is 0 Å². The van der Waals surface area contributed by atoms with Gasteiger partial charge in [0.15, 0.2) is 5.78 Å². The molecule has 0 saturated carbocycles. The quantitative estimate of drug-likeness (QED) is 0.474. The van der Waals surface area contributed by atoms with E-state index in [1.54, 1.807) is 0 Å². The lowest BCUT2D eigenvalue weighted by atomic mass is 9.98. The van der Waals surface area contributed by atoms with Gasteiger partial charge in [0.1, 0.15) is 0 Å². The minimum Gasteiger partial charge on any atom is -0.550 e. The first-order valence-electron chi connectivity index (χ1n) is 7.86. The maximum absolute atomic E-state index is 12.6. The molecule has 136 valence electrons. The number of aliphatic carboxylic acids is 1. The van der Waals surface area contributed by atoms with E-state index in [2.05, 4.69) is 0 Å². The summed E-state index contributed by atoms with van der Waals surface area (Å²) in [5, 5.41) is 21.3. The van der Waals surface area contributed by atoms with Gasteiger partial charge in [0.2, 0.25) is 0 Å². The predicted octanol–water partition coefficient (Wildman–Crippen LogP) is -0.983. The van der Waals surface area contributed by atoms with Crippen LogP contribution < -0.4 is 10.2 Å². The van der Waals surface area contributed by atoms with Crippen LogP contribution in [-0.2, 0) is 4.79 Å². The van der Waals surface area contributed by atoms with Gasteiger partial charge in [-0.1, -0.05) is 30.3 Å². The zero-order chi connectivity index (χ0) is 19.7. The number of fused-ring (bicyclic) bond motifs is 1. The molecule has 8 nitrogen and oxygen atoms in total. The second-order valence-electron chi connectivity index (χ2n) is 5.84. The first-order valence-corrected chi connectivity index (χ1v) is 7.86.